The molecular formula is C27H31NO6. The highest BCUT2D eigenvalue weighted by molar-refractivity contribution is 6.00. The van der Waals surface area contributed by atoms with Crippen molar-refractivity contribution < 1.29 is 24.1 Å². The van der Waals surface area contributed by atoms with Crippen molar-refractivity contribution in [2.45, 2.75) is 52.2 Å². The quantitative estimate of drug-likeness (QED) is 0.583. The Morgan fingerprint density at radius 2 is 1.91 bits per heavy atom. The minimum atomic E-state index is -1.34. The van der Waals surface area contributed by atoms with Gasteiger partial charge in [-0.1, -0.05) is 6.07 Å². The van der Waals surface area contributed by atoms with Crippen LogP contribution in [0.25, 0.3) is 21.9 Å². The van der Waals surface area contributed by atoms with Crippen LogP contribution in [-0.2, 0) is 23.0 Å². The topological polar surface area (TPSA) is 87.0 Å². The fraction of sp³-hybridized carbons (Fsp3) is 0.407. The van der Waals surface area contributed by atoms with E-state index in [1.807, 2.05) is 25.1 Å². The number of hydrogen-bond acceptors (Lipinski definition) is 5. The summed E-state index contributed by atoms with van der Waals surface area (Å²) >= 11 is 0. The van der Waals surface area contributed by atoms with Crippen molar-refractivity contribution in [3.63, 3.8) is 0 Å². The third kappa shape index (κ3) is 4.16. The van der Waals surface area contributed by atoms with Gasteiger partial charge in [-0.2, -0.15) is 0 Å². The lowest BCUT2D eigenvalue weighted by molar-refractivity contribution is -0.161. The number of hydrogen-bond donors (Lipinski definition) is 1. The predicted molar refractivity (Wildman–Crippen MR) is 131 cm³/mol. The van der Waals surface area contributed by atoms with Gasteiger partial charge in [0.15, 0.2) is 6.10 Å². The third-order valence-corrected chi connectivity index (χ3v) is 6.25. The number of pyridine rings is 1. The Morgan fingerprint density at radius 1 is 1.18 bits per heavy atom. The Kier molecular flexibility index (Phi) is 6.16. The van der Waals surface area contributed by atoms with E-state index in [9.17, 15) is 14.7 Å². The van der Waals surface area contributed by atoms with E-state index in [0.717, 1.165) is 35.3 Å². The highest BCUT2D eigenvalue weighted by Gasteiger charge is 2.33. The fourth-order valence-electron chi connectivity index (χ4n) is 4.69. The first-order chi connectivity index (χ1) is 16.0. The van der Waals surface area contributed by atoms with Crippen LogP contribution in [0, 0.1) is 6.92 Å². The van der Waals surface area contributed by atoms with Crippen molar-refractivity contribution in [2.24, 2.45) is 7.05 Å². The summed E-state index contributed by atoms with van der Waals surface area (Å²) in [5, 5.41) is 11.3. The first-order valence-electron chi connectivity index (χ1n) is 11.4. The number of aliphatic carboxylic acids is 1. The SMILES string of the molecule is COc1ccc2c(-c3ccc4c(c3C)CCCO4)c(C(OC(C)(C)C)C(=O)O)n(C)c(=O)c2c1. The molecule has 4 rings (SSSR count). The van der Waals surface area contributed by atoms with Gasteiger partial charge in [0, 0.05) is 12.6 Å². The number of carboxylic acids is 1. The summed E-state index contributed by atoms with van der Waals surface area (Å²) in [6.45, 7) is 8.10. The lowest BCUT2D eigenvalue weighted by Crippen LogP contribution is -2.33. The maximum Gasteiger partial charge on any atom is 0.339 e. The molecule has 0 amide bonds. The van der Waals surface area contributed by atoms with Crippen molar-refractivity contribution in [1.82, 2.24) is 4.57 Å². The molecule has 0 saturated heterocycles. The lowest BCUT2D eigenvalue weighted by Gasteiger charge is -2.29. The maximum atomic E-state index is 13.4. The van der Waals surface area contributed by atoms with Gasteiger partial charge in [-0.25, -0.2) is 4.79 Å². The summed E-state index contributed by atoms with van der Waals surface area (Å²) in [6, 6.07) is 9.18. The molecule has 0 bridgehead atoms. The molecule has 180 valence electrons. The first-order valence-corrected chi connectivity index (χ1v) is 11.4. The van der Waals surface area contributed by atoms with Crippen LogP contribution in [0.3, 0.4) is 0 Å². The Hall–Kier alpha value is -3.32. The van der Waals surface area contributed by atoms with Crippen LogP contribution in [-0.4, -0.2) is 35.0 Å². The monoisotopic (exact) mass is 465 g/mol. The zero-order chi connectivity index (χ0) is 24.8. The van der Waals surface area contributed by atoms with Crippen molar-refractivity contribution in [2.75, 3.05) is 13.7 Å². The van der Waals surface area contributed by atoms with Gasteiger partial charge in [-0.15, -0.1) is 0 Å². The number of nitrogens with zero attached hydrogens (tertiary/aromatic N) is 1. The van der Waals surface area contributed by atoms with Gasteiger partial charge >= 0.3 is 5.97 Å². The van der Waals surface area contributed by atoms with Crippen LogP contribution in [0.5, 0.6) is 11.5 Å². The number of aromatic nitrogens is 1. The zero-order valence-corrected chi connectivity index (χ0v) is 20.5. The Labute approximate surface area is 198 Å². The molecule has 3 aromatic rings. The molecule has 0 radical (unpaired) electrons. The number of carboxylic acid groups (broad SMARTS) is 1. The van der Waals surface area contributed by atoms with Gasteiger partial charge in [0.25, 0.3) is 5.56 Å². The van der Waals surface area contributed by atoms with E-state index in [1.54, 1.807) is 47.1 Å². The second kappa shape index (κ2) is 8.80. The first kappa shape index (κ1) is 23.8. The predicted octanol–water partition coefficient (Wildman–Crippen LogP) is 4.79. The molecule has 1 N–H and O–H groups in total. The Morgan fingerprint density at radius 3 is 2.56 bits per heavy atom. The molecule has 7 nitrogen and oxygen atoms in total. The van der Waals surface area contributed by atoms with Crippen LogP contribution in [0.1, 0.15) is 50.1 Å². The molecular weight excluding hydrogens is 434 g/mol. The van der Waals surface area contributed by atoms with Crippen LogP contribution in [0.2, 0.25) is 0 Å². The standard InChI is InChI=1S/C27H31NO6/c1-15-17-8-7-13-33-21(17)12-11-18(15)22-19-10-9-16(32-6)14-20(19)25(29)28(5)23(22)24(26(30)31)34-27(2,3)4/h9-12,14,24H,7-8,13H2,1-6H3,(H,30,31). The molecule has 2 heterocycles. The lowest BCUT2D eigenvalue weighted by atomic mass is 9.88. The van der Waals surface area contributed by atoms with Crippen molar-refractivity contribution in [1.29, 1.82) is 0 Å². The minimum Gasteiger partial charge on any atom is -0.497 e. The molecule has 0 spiro atoms. The van der Waals surface area contributed by atoms with E-state index in [1.165, 1.54) is 4.57 Å². The molecule has 1 aliphatic rings. The molecule has 0 saturated carbocycles. The van der Waals surface area contributed by atoms with Gasteiger partial charge < -0.3 is 23.9 Å². The smallest absolute Gasteiger partial charge is 0.339 e. The van der Waals surface area contributed by atoms with E-state index in [0.29, 0.717) is 34.4 Å². The highest BCUT2D eigenvalue weighted by atomic mass is 16.5. The number of fused-ring (bicyclic) bond motifs is 2. The van der Waals surface area contributed by atoms with Gasteiger partial charge in [-0.3, -0.25) is 4.79 Å². The van der Waals surface area contributed by atoms with E-state index in [4.69, 9.17) is 14.2 Å². The largest absolute Gasteiger partial charge is 0.497 e. The van der Waals surface area contributed by atoms with Gasteiger partial charge in [0.05, 0.1) is 30.4 Å². The number of rotatable bonds is 5. The number of ether oxygens (including phenoxy) is 3. The molecule has 0 aliphatic carbocycles. The fourth-order valence-corrected chi connectivity index (χ4v) is 4.69. The van der Waals surface area contributed by atoms with Gasteiger partial charge in [0.1, 0.15) is 11.5 Å². The summed E-state index contributed by atoms with van der Waals surface area (Å²) in [5.74, 6) is 0.253. The molecule has 1 aliphatic heterocycles. The average molecular weight is 466 g/mol. The zero-order valence-electron chi connectivity index (χ0n) is 20.5. The maximum absolute atomic E-state index is 13.4. The minimum absolute atomic E-state index is 0.310. The van der Waals surface area contributed by atoms with E-state index >= 15 is 0 Å². The molecule has 7 heteroatoms. The van der Waals surface area contributed by atoms with E-state index in [-0.39, 0.29) is 5.56 Å². The molecule has 2 aromatic carbocycles. The van der Waals surface area contributed by atoms with Gasteiger partial charge in [-0.05, 0) is 86.9 Å². The molecule has 1 unspecified atom stereocenters. The summed E-state index contributed by atoms with van der Waals surface area (Å²) in [7, 11) is 3.14. The van der Waals surface area contributed by atoms with Crippen LogP contribution in [0.4, 0.5) is 0 Å². The summed E-state index contributed by atoms with van der Waals surface area (Å²) < 4.78 is 18.6. The molecule has 1 aromatic heterocycles. The van der Waals surface area contributed by atoms with E-state index in [2.05, 4.69) is 0 Å². The number of methoxy groups -OCH3 is 1. The molecule has 1 atom stereocenters. The van der Waals surface area contributed by atoms with Crippen LogP contribution in [0.15, 0.2) is 35.1 Å². The Bertz CT molecular complexity index is 1330. The highest BCUT2D eigenvalue weighted by Crippen LogP contribution is 2.42. The van der Waals surface area contributed by atoms with E-state index < -0.39 is 17.7 Å². The second-order valence-corrected chi connectivity index (χ2v) is 9.65. The van der Waals surface area contributed by atoms with Crippen LogP contribution < -0.4 is 15.0 Å². The van der Waals surface area contributed by atoms with Gasteiger partial charge in [0.2, 0.25) is 0 Å². The summed E-state index contributed by atoms with van der Waals surface area (Å²) in [4.78, 5) is 25.9. The van der Waals surface area contributed by atoms with Crippen molar-refractivity contribution in [3.05, 3.63) is 57.5 Å². The number of carbonyl (C=O) groups is 1. The van der Waals surface area contributed by atoms with Crippen molar-refractivity contribution >= 4 is 16.7 Å². The molecule has 0 fully saturated rings. The Balaban J connectivity index is 2.14. The summed E-state index contributed by atoms with van der Waals surface area (Å²) in [6.07, 6.45) is 0.453. The summed E-state index contributed by atoms with van der Waals surface area (Å²) in [5.41, 5.74) is 2.89. The third-order valence-electron chi connectivity index (χ3n) is 6.25. The number of benzene rings is 2. The average Bonchev–Trinajstić information content (AvgIpc) is 2.80. The second-order valence-electron chi connectivity index (χ2n) is 9.65. The molecule has 34 heavy (non-hydrogen) atoms. The normalized spacial score (nSPS) is 14.4. The van der Waals surface area contributed by atoms with Crippen molar-refractivity contribution in [3.8, 4) is 22.6 Å². The van der Waals surface area contributed by atoms with Crippen LogP contribution >= 0.6 is 0 Å².